The maximum Gasteiger partial charge on any atom is 0.268 e. The Morgan fingerprint density at radius 3 is 1.96 bits per heavy atom. The lowest BCUT2D eigenvalue weighted by Crippen LogP contribution is -2.40. The molecule has 0 unspecified atom stereocenters. The van der Waals surface area contributed by atoms with Crippen LogP contribution in [0.4, 0.5) is 5.69 Å². The van der Waals surface area contributed by atoms with Crippen molar-refractivity contribution in [1.82, 2.24) is 4.90 Å². The third-order valence-electron chi connectivity index (χ3n) is 5.02. The molecule has 1 heterocycles. The summed E-state index contributed by atoms with van der Waals surface area (Å²) in [6.07, 6.45) is 2.73. The van der Waals surface area contributed by atoms with Crippen LogP contribution in [-0.4, -0.2) is 38.0 Å². The number of fused-ring (bicyclic) bond motifs is 1. The fraction of sp³-hybridized carbons (Fsp3) is 0.238. The summed E-state index contributed by atoms with van der Waals surface area (Å²) >= 11 is 0. The number of rotatable bonds is 4. The van der Waals surface area contributed by atoms with Crippen LogP contribution >= 0.6 is 0 Å². The minimum atomic E-state index is -4.24. The van der Waals surface area contributed by atoms with Gasteiger partial charge in [-0.05, 0) is 31.4 Å². The van der Waals surface area contributed by atoms with Crippen molar-refractivity contribution in [2.75, 3.05) is 17.8 Å². The molecule has 2 aromatic carbocycles. The first kappa shape index (κ1) is 18.4. The molecule has 7 heteroatoms. The summed E-state index contributed by atoms with van der Waals surface area (Å²) in [5, 5.41) is 0. The highest BCUT2D eigenvalue weighted by Crippen LogP contribution is 2.33. The van der Waals surface area contributed by atoms with E-state index in [2.05, 4.69) is 4.72 Å². The summed E-state index contributed by atoms with van der Waals surface area (Å²) in [6, 6.07) is 14.7. The van der Waals surface area contributed by atoms with E-state index in [4.69, 9.17) is 0 Å². The number of piperidine rings is 1. The summed E-state index contributed by atoms with van der Waals surface area (Å²) in [6.45, 7) is 1.11. The number of carbonyl (C=O) groups excluding carboxylic acids is 2. The Hall–Kier alpha value is -2.93. The summed E-state index contributed by atoms with van der Waals surface area (Å²) < 4.78 is 28.9. The predicted molar refractivity (Wildman–Crippen MR) is 107 cm³/mol. The van der Waals surface area contributed by atoms with Crippen LogP contribution < -0.4 is 4.72 Å². The highest BCUT2D eigenvalue weighted by Gasteiger charge is 2.41. The number of anilines is 1. The van der Waals surface area contributed by atoms with Gasteiger partial charge in [-0.1, -0.05) is 42.5 Å². The Labute approximate surface area is 163 Å². The van der Waals surface area contributed by atoms with Crippen molar-refractivity contribution in [2.24, 2.45) is 0 Å². The van der Waals surface area contributed by atoms with Crippen molar-refractivity contribution < 1.29 is 18.0 Å². The predicted octanol–water partition coefficient (Wildman–Crippen LogP) is 3.21. The van der Waals surface area contributed by atoms with Gasteiger partial charge in [-0.3, -0.25) is 14.3 Å². The quantitative estimate of drug-likeness (QED) is 0.858. The number of para-hydroxylation sites is 1. The SMILES string of the molecule is O=C1C(N2CCCCC2)=C(S(=O)(=O)Nc2ccccc2)C(=O)c2ccccc21. The van der Waals surface area contributed by atoms with E-state index in [-0.39, 0.29) is 16.8 Å². The summed E-state index contributed by atoms with van der Waals surface area (Å²) in [7, 11) is -4.24. The number of nitrogens with zero attached hydrogens (tertiary/aromatic N) is 1. The molecule has 2 aromatic rings. The molecule has 1 N–H and O–H groups in total. The standard InChI is InChI=1S/C21H20N2O4S/c24-19-16-11-5-6-12-17(16)20(25)21(18(19)23-13-7-2-8-14-23)28(26,27)22-15-9-3-1-4-10-15/h1,3-6,9-12,22H,2,7-8,13-14H2. The van der Waals surface area contributed by atoms with Gasteiger partial charge in [-0.2, -0.15) is 0 Å². The molecule has 1 aliphatic heterocycles. The number of likely N-dealkylation sites (tertiary alicyclic amines) is 1. The van der Waals surface area contributed by atoms with Gasteiger partial charge in [0.1, 0.15) is 5.70 Å². The number of Topliss-reactive ketones (excluding diaryl/α,β-unsaturated/α-hetero) is 2. The van der Waals surface area contributed by atoms with Crippen molar-refractivity contribution in [3.63, 3.8) is 0 Å². The first-order valence-corrected chi connectivity index (χ1v) is 10.7. The van der Waals surface area contributed by atoms with Gasteiger partial charge in [-0.15, -0.1) is 0 Å². The smallest absolute Gasteiger partial charge is 0.268 e. The molecule has 0 radical (unpaired) electrons. The average molecular weight is 396 g/mol. The fourth-order valence-electron chi connectivity index (χ4n) is 3.71. The van der Waals surface area contributed by atoms with Crippen LogP contribution in [0.3, 0.4) is 0 Å². The zero-order chi connectivity index (χ0) is 19.7. The summed E-state index contributed by atoms with van der Waals surface area (Å²) in [5.74, 6) is -1.05. The molecule has 1 saturated heterocycles. The Bertz CT molecular complexity index is 1070. The molecular weight excluding hydrogens is 376 g/mol. The minimum Gasteiger partial charge on any atom is -0.367 e. The molecule has 0 aromatic heterocycles. The van der Waals surface area contributed by atoms with E-state index >= 15 is 0 Å². The molecule has 144 valence electrons. The van der Waals surface area contributed by atoms with E-state index in [9.17, 15) is 18.0 Å². The lowest BCUT2D eigenvalue weighted by atomic mass is 9.91. The number of ketones is 2. The normalized spacial score (nSPS) is 17.5. The van der Waals surface area contributed by atoms with Gasteiger partial charge in [-0.25, -0.2) is 8.42 Å². The van der Waals surface area contributed by atoms with Gasteiger partial charge >= 0.3 is 0 Å². The van der Waals surface area contributed by atoms with Gasteiger partial charge in [0.25, 0.3) is 10.0 Å². The second kappa shape index (κ2) is 7.24. The first-order chi connectivity index (χ1) is 13.5. The molecule has 4 rings (SSSR count). The number of nitrogens with one attached hydrogen (secondary N) is 1. The van der Waals surface area contributed by atoms with Gasteiger partial charge in [0.05, 0.1) is 0 Å². The number of carbonyl (C=O) groups is 2. The zero-order valence-corrected chi connectivity index (χ0v) is 16.0. The van der Waals surface area contributed by atoms with Crippen molar-refractivity contribution in [1.29, 1.82) is 0 Å². The Morgan fingerprint density at radius 1 is 0.750 bits per heavy atom. The molecule has 6 nitrogen and oxygen atoms in total. The largest absolute Gasteiger partial charge is 0.367 e. The summed E-state index contributed by atoms with van der Waals surface area (Å²) in [4.78, 5) is 27.7. The Balaban J connectivity index is 1.88. The van der Waals surface area contributed by atoms with Crippen LogP contribution in [0.25, 0.3) is 0 Å². The second-order valence-corrected chi connectivity index (χ2v) is 8.52. The van der Waals surface area contributed by atoms with E-state index in [1.54, 1.807) is 53.4 Å². The van der Waals surface area contributed by atoms with Crippen LogP contribution in [0.15, 0.2) is 65.2 Å². The number of allylic oxidation sites excluding steroid dienone is 2. The Kier molecular flexibility index (Phi) is 4.77. The molecule has 0 atom stereocenters. The van der Waals surface area contributed by atoms with E-state index in [1.807, 2.05) is 0 Å². The lowest BCUT2D eigenvalue weighted by Gasteiger charge is -2.33. The number of hydrogen-bond donors (Lipinski definition) is 1. The van der Waals surface area contributed by atoms with Gasteiger partial charge in [0, 0.05) is 29.9 Å². The topological polar surface area (TPSA) is 83.6 Å². The van der Waals surface area contributed by atoms with Crippen LogP contribution in [-0.2, 0) is 10.0 Å². The van der Waals surface area contributed by atoms with E-state index < -0.39 is 26.5 Å². The average Bonchev–Trinajstić information content (AvgIpc) is 2.71. The third kappa shape index (κ3) is 3.22. The van der Waals surface area contributed by atoms with Crippen LogP contribution in [0.2, 0.25) is 0 Å². The number of benzene rings is 2. The van der Waals surface area contributed by atoms with E-state index in [1.165, 1.54) is 6.07 Å². The molecular formula is C21H20N2O4S. The number of sulfonamides is 1. The maximum absolute atomic E-state index is 13.2. The molecule has 1 fully saturated rings. The molecule has 0 bridgehead atoms. The monoisotopic (exact) mass is 396 g/mol. The molecule has 0 saturated carbocycles. The first-order valence-electron chi connectivity index (χ1n) is 9.24. The van der Waals surface area contributed by atoms with Crippen LogP contribution in [0.5, 0.6) is 0 Å². The van der Waals surface area contributed by atoms with Gasteiger partial charge in [0.15, 0.2) is 4.91 Å². The van der Waals surface area contributed by atoms with Crippen molar-refractivity contribution >= 4 is 27.3 Å². The Morgan fingerprint density at radius 2 is 1.32 bits per heavy atom. The van der Waals surface area contributed by atoms with Gasteiger partial charge in [0.2, 0.25) is 11.6 Å². The maximum atomic E-state index is 13.2. The highest BCUT2D eigenvalue weighted by atomic mass is 32.2. The third-order valence-corrected chi connectivity index (χ3v) is 6.44. The number of hydrogen-bond acceptors (Lipinski definition) is 5. The lowest BCUT2D eigenvalue weighted by molar-refractivity contribution is 0.0939. The minimum absolute atomic E-state index is 0.00756. The van der Waals surface area contributed by atoms with Crippen LogP contribution in [0.1, 0.15) is 40.0 Å². The summed E-state index contributed by atoms with van der Waals surface area (Å²) in [5.41, 5.74) is 0.715. The van der Waals surface area contributed by atoms with Crippen molar-refractivity contribution in [3.8, 4) is 0 Å². The van der Waals surface area contributed by atoms with E-state index in [0.29, 0.717) is 18.8 Å². The molecule has 2 aliphatic rings. The molecule has 0 spiro atoms. The molecule has 28 heavy (non-hydrogen) atoms. The zero-order valence-electron chi connectivity index (χ0n) is 15.2. The van der Waals surface area contributed by atoms with E-state index in [0.717, 1.165) is 19.3 Å². The molecule has 1 aliphatic carbocycles. The fourth-order valence-corrected chi connectivity index (χ4v) is 5.08. The van der Waals surface area contributed by atoms with Gasteiger partial charge < -0.3 is 4.90 Å². The second-order valence-electron chi connectivity index (χ2n) is 6.90. The van der Waals surface area contributed by atoms with Crippen LogP contribution in [0, 0.1) is 0 Å². The van der Waals surface area contributed by atoms with Crippen molar-refractivity contribution in [3.05, 3.63) is 76.3 Å². The molecule has 0 amide bonds. The highest BCUT2D eigenvalue weighted by molar-refractivity contribution is 7.97. The van der Waals surface area contributed by atoms with Crippen molar-refractivity contribution in [2.45, 2.75) is 19.3 Å².